The maximum atomic E-state index is 4.74. The topological polar surface area (TPSA) is 62.2 Å². The first-order valence-electron chi connectivity index (χ1n) is 7.66. The molecule has 5 nitrogen and oxygen atoms in total. The summed E-state index contributed by atoms with van der Waals surface area (Å²) in [5, 5.41) is 10.6. The second-order valence-electron chi connectivity index (χ2n) is 5.62. The highest BCUT2D eigenvalue weighted by atomic mass is 32.1. The maximum absolute atomic E-state index is 4.74. The lowest BCUT2D eigenvalue weighted by atomic mass is 10.1. The van der Waals surface area contributed by atoms with Crippen molar-refractivity contribution in [3.05, 3.63) is 47.6 Å². The van der Waals surface area contributed by atoms with Gasteiger partial charge in [0, 0.05) is 22.7 Å². The van der Waals surface area contributed by atoms with E-state index in [1.165, 1.54) is 0 Å². The molecule has 0 saturated heterocycles. The van der Waals surface area contributed by atoms with Crippen molar-refractivity contribution < 1.29 is 0 Å². The number of rotatable bonds is 3. The van der Waals surface area contributed by atoms with E-state index in [4.69, 9.17) is 4.99 Å². The molecule has 6 heteroatoms. The third-order valence-corrected chi connectivity index (χ3v) is 4.30. The molecule has 116 valence electrons. The number of pyridine rings is 1. The normalized spacial score (nSPS) is 14.9. The molecule has 1 saturated carbocycles. The highest BCUT2D eigenvalue weighted by molar-refractivity contribution is 7.13. The van der Waals surface area contributed by atoms with Crippen LogP contribution in [-0.2, 0) is 0 Å². The summed E-state index contributed by atoms with van der Waals surface area (Å²) >= 11 is 1.56. The van der Waals surface area contributed by atoms with Gasteiger partial charge in [-0.1, -0.05) is 18.2 Å². The van der Waals surface area contributed by atoms with E-state index in [0.29, 0.717) is 6.04 Å². The molecule has 0 aliphatic heterocycles. The van der Waals surface area contributed by atoms with Crippen LogP contribution >= 0.6 is 11.3 Å². The van der Waals surface area contributed by atoms with Gasteiger partial charge in [-0.3, -0.25) is 4.98 Å². The van der Waals surface area contributed by atoms with Crippen LogP contribution in [0.25, 0.3) is 10.9 Å². The molecule has 0 spiro atoms. The van der Waals surface area contributed by atoms with Gasteiger partial charge in [-0.15, -0.1) is 11.3 Å². The molecule has 1 aromatic carbocycles. The number of para-hydroxylation sites is 1. The Balaban J connectivity index is 1.68. The van der Waals surface area contributed by atoms with Crippen LogP contribution < -0.4 is 10.6 Å². The molecule has 2 heterocycles. The van der Waals surface area contributed by atoms with Crippen molar-refractivity contribution >= 4 is 39.0 Å². The molecule has 1 aliphatic carbocycles. The standard InChI is InChI=1S/C17H17N5S/c1-11-10-15(13-4-2-3-5-14(13)19-11)21-16(20-12-6-7-12)22-17-18-8-9-23-17/h2-5,8-10,12H,6-7H2,1H3,(H2,18,19,20,21,22). The van der Waals surface area contributed by atoms with Gasteiger partial charge in [0.05, 0.1) is 17.2 Å². The molecule has 0 radical (unpaired) electrons. The summed E-state index contributed by atoms with van der Waals surface area (Å²) < 4.78 is 0. The van der Waals surface area contributed by atoms with Crippen LogP contribution in [0.3, 0.4) is 0 Å². The first-order valence-corrected chi connectivity index (χ1v) is 8.53. The molecule has 23 heavy (non-hydrogen) atoms. The molecule has 0 amide bonds. The van der Waals surface area contributed by atoms with Crippen molar-refractivity contribution in [3.8, 4) is 0 Å². The zero-order valence-corrected chi connectivity index (χ0v) is 13.6. The predicted molar refractivity (Wildman–Crippen MR) is 96.3 cm³/mol. The molecular formula is C17H17N5S. The Kier molecular flexibility index (Phi) is 3.67. The largest absolute Gasteiger partial charge is 0.325 e. The number of nitrogens with zero attached hydrogens (tertiary/aromatic N) is 3. The van der Waals surface area contributed by atoms with E-state index in [2.05, 4.69) is 26.7 Å². The minimum Gasteiger partial charge on any atom is -0.325 e. The van der Waals surface area contributed by atoms with E-state index in [9.17, 15) is 0 Å². The SMILES string of the molecule is Cc1cc(NC(=NC2CC2)Nc2nccs2)c2ccccc2n1. The van der Waals surface area contributed by atoms with E-state index in [-0.39, 0.29) is 0 Å². The fourth-order valence-corrected chi connectivity index (χ4v) is 2.94. The van der Waals surface area contributed by atoms with Crippen LogP contribution in [-0.4, -0.2) is 22.0 Å². The summed E-state index contributed by atoms with van der Waals surface area (Å²) in [4.78, 5) is 13.6. The van der Waals surface area contributed by atoms with Crippen LogP contribution in [0.2, 0.25) is 0 Å². The van der Waals surface area contributed by atoms with Crippen molar-refractivity contribution in [3.63, 3.8) is 0 Å². The minimum atomic E-state index is 0.416. The lowest BCUT2D eigenvalue weighted by Gasteiger charge is -2.13. The number of fused-ring (bicyclic) bond motifs is 1. The third kappa shape index (κ3) is 3.32. The Hall–Kier alpha value is -2.47. The number of benzene rings is 1. The van der Waals surface area contributed by atoms with Gasteiger partial charge < -0.3 is 10.6 Å². The quantitative estimate of drug-likeness (QED) is 0.564. The van der Waals surface area contributed by atoms with Gasteiger partial charge >= 0.3 is 0 Å². The van der Waals surface area contributed by atoms with Crippen molar-refractivity contribution in [1.29, 1.82) is 0 Å². The number of aromatic nitrogens is 2. The smallest absolute Gasteiger partial charge is 0.202 e. The van der Waals surface area contributed by atoms with Gasteiger partial charge in [0.25, 0.3) is 0 Å². The number of hydrogen-bond acceptors (Lipinski definition) is 4. The zero-order chi connectivity index (χ0) is 15.6. The molecule has 0 bridgehead atoms. The van der Waals surface area contributed by atoms with Crippen LogP contribution in [0.15, 0.2) is 46.9 Å². The second kappa shape index (κ2) is 5.96. The number of anilines is 2. The molecule has 1 fully saturated rings. The van der Waals surface area contributed by atoms with Crippen LogP contribution in [0, 0.1) is 6.92 Å². The van der Waals surface area contributed by atoms with E-state index in [1.54, 1.807) is 17.5 Å². The van der Waals surface area contributed by atoms with Crippen molar-refractivity contribution in [2.24, 2.45) is 4.99 Å². The van der Waals surface area contributed by atoms with Crippen LogP contribution in [0.4, 0.5) is 10.8 Å². The lowest BCUT2D eigenvalue weighted by Crippen LogP contribution is -2.23. The first kappa shape index (κ1) is 14.1. The van der Waals surface area contributed by atoms with Gasteiger partial charge in [0.2, 0.25) is 5.96 Å². The van der Waals surface area contributed by atoms with E-state index < -0.39 is 0 Å². The highest BCUT2D eigenvalue weighted by Gasteiger charge is 2.21. The molecule has 1 aliphatic rings. The average molecular weight is 323 g/mol. The van der Waals surface area contributed by atoms with E-state index in [0.717, 1.165) is 46.2 Å². The number of hydrogen-bond donors (Lipinski definition) is 2. The zero-order valence-electron chi connectivity index (χ0n) is 12.8. The number of guanidine groups is 1. The van der Waals surface area contributed by atoms with Crippen molar-refractivity contribution in [2.75, 3.05) is 10.6 Å². The van der Waals surface area contributed by atoms with Gasteiger partial charge in [-0.25, -0.2) is 9.98 Å². The van der Waals surface area contributed by atoms with Crippen LogP contribution in [0.5, 0.6) is 0 Å². The Morgan fingerprint density at radius 3 is 2.91 bits per heavy atom. The second-order valence-corrected chi connectivity index (χ2v) is 6.52. The lowest BCUT2D eigenvalue weighted by molar-refractivity contribution is 1.06. The number of aryl methyl sites for hydroxylation is 1. The van der Waals surface area contributed by atoms with Crippen LogP contribution in [0.1, 0.15) is 18.5 Å². The molecular weight excluding hydrogens is 306 g/mol. The van der Waals surface area contributed by atoms with Gasteiger partial charge in [-0.05, 0) is 31.9 Å². The fraction of sp³-hybridized carbons (Fsp3) is 0.235. The number of aliphatic imine (C=N–C) groups is 1. The summed E-state index contributed by atoms with van der Waals surface area (Å²) in [7, 11) is 0. The Bertz CT molecular complexity index is 853. The Morgan fingerprint density at radius 1 is 1.26 bits per heavy atom. The Labute approximate surface area is 138 Å². The molecule has 4 rings (SSSR count). The first-order chi connectivity index (χ1) is 11.3. The fourth-order valence-electron chi connectivity index (χ4n) is 2.41. The van der Waals surface area contributed by atoms with E-state index in [1.807, 2.05) is 36.6 Å². The highest BCUT2D eigenvalue weighted by Crippen LogP contribution is 2.26. The summed E-state index contributed by atoms with van der Waals surface area (Å²) in [6, 6.07) is 10.6. The minimum absolute atomic E-state index is 0.416. The maximum Gasteiger partial charge on any atom is 0.202 e. The number of thiazole rings is 1. The molecule has 0 unspecified atom stereocenters. The number of nitrogens with one attached hydrogen (secondary N) is 2. The monoisotopic (exact) mass is 323 g/mol. The van der Waals surface area contributed by atoms with Crippen molar-refractivity contribution in [1.82, 2.24) is 9.97 Å². The third-order valence-electron chi connectivity index (χ3n) is 3.61. The summed E-state index contributed by atoms with van der Waals surface area (Å²) in [5.74, 6) is 0.748. The average Bonchev–Trinajstić information content (AvgIpc) is 3.20. The van der Waals surface area contributed by atoms with Gasteiger partial charge in [-0.2, -0.15) is 0 Å². The Morgan fingerprint density at radius 2 is 2.13 bits per heavy atom. The molecule has 0 atom stereocenters. The molecule has 3 aromatic rings. The van der Waals surface area contributed by atoms with Gasteiger partial charge in [0.1, 0.15) is 0 Å². The summed E-state index contributed by atoms with van der Waals surface area (Å²) in [6.45, 7) is 2.00. The van der Waals surface area contributed by atoms with Gasteiger partial charge in [0.15, 0.2) is 5.13 Å². The molecule has 2 N–H and O–H groups in total. The molecule has 2 aromatic heterocycles. The van der Waals surface area contributed by atoms with Crippen molar-refractivity contribution in [2.45, 2.75) is 25.8 Å². The predicted octanol–water partition coefficient (Wildman–Crippen LogP) is 4.04. The van der Waals surface area contributed by atoms with E-state index >= 15 is 0 Å². The summed E-state index contributed by atoms with van der Waals surface area (Å²) in [5.41, 5.74) is 2.97. The summed E-state index contributed by atoms with van der Waals surface area (Å²) in [6.07, 6.45) is 4.09.